The van der Waals surface area contributed by atoms with Gasteiger partial charge in [-0.2, -0.15) is 4.72 Å². The molecule has 1 aromatic carbocycles. The molecular formula is C12H15Br2NO4S. The SMILES string of the molecule is CC(C)C[C@H](NS(=O)(=O)c1cc(Br)ccc1Br)C(=O)O. The number of carbonyl (C=O) groups is 1. The average Bonchev–Trinajstić information content (AvgIpc) is 2.30. The predicted molar refractivity (Wildman–Crippen MR) is 83.0 cm³/mol. The molecule has 112 valence electrons. The zero-order chi connectivity index (χ0) is 15.5. The van der Waals surface area contributed by atoms with Crippen molar-refractivity contribution in [3.8, 4) is 0 Å². The normalized spacial score (nSPS) is 13.4. The van der Waals surface area contributed by atoms with E-state index in [9.17, 15) is 13.2 Å². The van der Waals surface area contributed by atoms with Crippen LogP contribution in [0, 0.1) is 5.92 Å². The van der Waals surface area contributed by atoms with Crippen LogP contribution in [0.15, 0.2) is 32.0 Å². The average molecular weight is 429 g/mol. The third-order valence-corrected chi connectivity index (χ3v) is 5.44. The van der Waals surface area contributed by atoms with Gasteiger partial charge in [0.25, 0.3) is 0 Å². The van der Waals surface area contributed by atoms with Crippen LogP contribution in [0.5, 0.6) is 0 Å². The van der Waals surface area contributed by atoms with Gasteiger partial charge in [0.15, 0.2) is 0 Å². The Bertz CT molecular complexity index is 601. The Labute approximate surface area is 135 Å². The highest BCUT2D eigenvalue weighted by atomic mass is 79.9. The fourth-order valence-corrected chi connectivity index (χ4v) is 4.31. The number of halogens is 2. The van der Waals surface area contributed by atoms with Crippen molar-refractivity contribution >= 4 is 47.9 Å². The second-order valence-corrected chi connectivity index (χ2v) is 8.17. The molecule has 1 atom stereocenters. The van der Waals surface area contributed by atoms with Gasteiger partial charge in [-0.1, -0.05) is 29.8 Å². The lowest BCUT2D eigenvalue weighted by Gasteiger charge is -2.17. The molecule has 0 unspecified atom stereocenters. The van der Waals surface area contributed by atoms with E-state index in [0.29, 0.717) is 8.95 Å². The van der Waals surface area contributed by atoms with Gasteiger partial charge in [0.05, 0.1) is 4.90 Å². The smallest absolute Gasteiger partial charge is 0.321 e. The first-order chi connectivity index (χ1) is 9.13. The van der Waals surface area contributed by atoms with E-state index in [1.165, 1.54) is 6.07 Å². The molecule has 0 spiro atoms. The van der Waals surface area contributed by atoms with Crippen molar-refractivity contribution < 1.29 is 18.3 Å². The first-order valence-electron chi connectivity index (χ1n) is 5.83. The molecule has 0 bridgehead atoms. The van der Waals surface area contributed by atoms with Crippen LogP contribution in [0.3, 0.4) is 0 Å². The fourth-order valence-electron chi connectivity index (χ4n) is 1.60. The van der Waals surface area contributed by atoms with Crippen LogP contribution in [0.1, 0.15) is 20.3 Å². The van der Waals surface area contributed by atoms with Crippen molar-refractivity contribution in [2.24, 2.45) is 5.92 Å². The predicted octanol–water partition coefficient (Wildman–Crippen LogP) is 2.99. The van der Waals surface area contributed by atoms with E-state index in [-0.39, 0.29) is 17.2 Å². The van der Waals surface area contributed by atoms with Crippen LogP contribution in [0.4, 0.5) is 0 Å². The maximum absolute atomic E-state index is 12.3. The standard InChI is InChI=1S/C12H15Br2NO4S/c1-7(2)5-10(12(16)17)15-20(18,19)11-6-8(13)3-4-9(11)14/h3-4,6-7,10,15H,5H2,1-2H3,(H,16,17)/t10-/m0/s1. The van der Waals surface area contributed by atoms with Gasteiger partial charge in [0, 0.05) is 8.95 Å². The molecule has 2 N–H and O–H groups in total. The molecule has 0 radical (unpaired) electrons. The first-order valence-corrected chi connectivity index (χ1v) is 8.90. The summed E-state index contributed by atoms with van der Waals surface area (Å²) in [6.07, 6.45) is 0.222. The lowest BCUT2D eigenvalue weighted by Crippen LogP contribution is -2.41. The Morgan fingerprint density at radius 1 is 1.35 bits per heavy atom. The van der Waals surface area contributed by atoms with Gasteiger partial charge in [-0.15, -0.1) is 0 Å². The van der Waals surface area contributed by atoms with Crippen molar-refractivity contribution in [3.05, 3.63) is 27.1 Å². The van der Waals surface area contributed by atoms with Crippen molar-refractivity contribution in [2.45, 2.75) is 31.2 Å². The molecule has 0 aliphatic carbocycles. The minimum absolute atomic E-state index is 0.00174. The molecule has 0 aromatic heterocycles. The van der Waals surface area contributed by atoms with E-state index in [2.05, 4.69) is 36.6 Å². The number of hydrogen-bond acceptors (Lipinski definition) is 3. The summed E-state index contributed by atoms with van der Waals surface area (Å²) in [5.74, 6) is -1.13. The van der Waals surface area contributed by atoms with Gasteiger partial charge in [-0.25, -0.2) is 8.42 Å². The zero-order valence-corrected chi connectivity index (χ0v) is 14.9. The van der Waals surface area contributed by atoms with E-state index in [1.807, 2.05) is 13.8 Å². The Morgan fingerprint density at radius 3 is 2.45 bits per heavy atom. The van der Waals surface area contributed by atoms with E-state index in [1.54, 1.807) is 12.1 Å². The van der Waals surface area contributed by atoms with Gasteiger partial charge in [0.1, 0.15) is 6.04 Å². The second-order valence-electron chi connectivity index (χ2n) is 4.72. The Kier molecular flexibility index (Phi) is 6.18. The summed E-state index contributed by atoms with van der Waals surface area (Å²) in [6.45, 7) is 3.67. The van der Waals surface area contributed by atoms with Crippen molar-refractivity contribution in [1.82, 2.24) is 4.72 Å². The molecule has 0 aliphatic rings. The van der Waals surface area contributed by atoms with Crippen LogP contribution in [-0.4, -0.2) is 25.5 Å². The lowest BCUT2D eigenvalue weighted by atomic mass is 10.1. The highest BCUT2D eigenvalue weighted by Crippen LogP contribution is 2.26. The summed E-state index contributed by atoms with van der Waals surface area (Å²) in [6, 6.07) is 3.54. The number of benzene rings is 1. The van der Waals surface area contributed by atoms with Crippen LogP contribution in [0.25, 0.3) is 0 Å². The number of carboxylic acids is 1. The fraction of sp³-hybridized carbons (Fsp3) is 0.417. The van der Waals surface area contributed by atoms with E-state index < -0.39 is 22.0 Å². The van der Waals surface area contributed by atoms with Crippen LogP contribution in [0.2, 0.25) is 0 Å². The van der Waals surface area contributed by atoms with Gasteiger partial charge in [-0.3, -0.25) is 4.79 Å². The van der Waals surface area contributed by atoms with E-state index in [4.69, 9.17) is 5.11 Å². The number of nitrogens with one attached hydrogen (secondary N) is 1. The van der Waals surface area contributed by atoms with Gasteiger partial charge in [0.2, 0.25) is 10.0 Å². The molecule has 0 fully saturated rings. The molecule has 1 aromatic rings. The van der Waals surface area contributed by atoms with E-state index in [0.717, 1.165) is 0 Å². The number of rotatable bonds is 6. The van der Waals surface area contributed by atoms with Crippen molar-refractivity contribution in [1.29, 1.82) is 0 Å². The number of aliphatic carboxylic acids is 1. The maximum Gasteiger partial charge on any atom is 0.321 e. The third kappa shape index (κ3) is 4.83. The minimum atomic E-state index is -3.91. The van der Waals surface area contributed by atoms with Crippen molar-refractivity contribution in [3.63, 3.8) is 0 Å². The summed E-state index contributed by atoms with van der Waals surface area (Å²) in [7, 11) is -3.91. The molecule has 8 heteroatoms. The first kappa shape index (κ1) is 17.6. The molecule has 0 aliphatic heterocycles. The molecule has 0 amide bonds. The second kappa shape index (κ2) is 7.02. The van der Waals surface area contributed by atoms with Crippen LogP contribution < -0.4 is 4.72 Å². The Balaban J connectivity index is 3.09. The van der Waals surface area contributed by atoms with Gasteiger partial charge >= 0.3 is 5.97 Å². The highest BCUT2D eigenvalue weighted by molar-refractivity contribution is 9.11. The summed E-state index contributed by atoms with van der Waals surface area (Å²) in [4.78, 5) is 11.1. The lowest BCUT2D eigenvalue weighted by molar-refractivity contribution is -0.139. The topological polar surface area (TPSA) is 83.5 Å². The van der Waals surface area contributed by atoms with E-state index >= 15 is 0 Å². The van der Waals surface area contributed by atoms with Crippen LogP contribution >= 0.6 is 31.9 Å². The monoisotopic (exact) mass is 427 g/mol. The minimum Gasteiger partial charge on any atom is -0.480 e. The molecule has 5 nitrogen and oxygen atoms in total. The molecule has 0 heterocycles. The molecule has 1 rings (SSSR count). The van der Waals surface area contributed by atoms with Crippen LogP contribution in [-0.2, 0) is 14.8 Å². The highest BCUT2D eigenvalue weighted by Gasteiger charge is 2.27. The maximum atomic E-state index is 12.3. The molecule has 0 saturated heterocycles. The zero-order valence-electron chi connectivity index (χ0n) is 10.9. The molecule has 20 heavy (non-hydrogen) atoms. The molecular weight excluding hydrogens is 414 g/mol. The number of carboxylic acid groups (broad SMARTS) is 1. The summed E-state index contributed by atoms with van der Waals surface area (Å²) >= 11 is 6.35. The summed E-state index contributed by atoms with van der Waals surface area (Å²) < 4.78 is 27.8. The number of hydrogen-bond donors (Lipinski definition) is 2. The largest absolute Gasteiger partial charge is 0.480 e. The molecule has 0 saturated carbocycles. The summed E-state index contributed by atoms with van der Waals surface area (Å²) in [5, 5.41) is 9.11. The summed E-state index contributed by atoms with van der Waals surface area (Å²) in [5.41, 5.74) is 0. The van der Waals surface area contributed by atoms with Gasteiger partial charge < -0.3 is 5.11 Å². The van der Waals surface area contributed by atoms with Crippen molar-refractivity contribution in [2.75, 3.05) is 0 Å². The Morgan fingerprint density at radius 2 is 1.95 bits per heavy atom. The quantitative estimate of drug-likeness (QED) is 0.729. The Hall–Kier alpha value is -0.440. The third-order valence-electron chi connectivity index (χ3n) is 2.49. The number of sulfonamides is 1. The van der Waals surface area contributed by atoms with Gasteiger partial charge in [-0.05, 0) is 46.5 Å².